The molecule has 1 aliphatic carbocycles. The topological polar surface area (TPSA) is 50.4 Å². The van der Waals surface area contributed by atoms with Gasteiger partial charge in [-0.3, -0.25) is 0 Å². The molecule has 0 unspecified atom stereocenters. The summed E-state index contributed by atoms with van der Waals surface area (Å²) in [5.74, 6) is -0.288. The summed E-state index contributed by atoms with van der Waals surface area (Å²) in [5, 5.41) is 5.25. The molecule has 1 saturated carbocycles. The molecule has 4 nitrogen and oxygen atoms in total. The van der Waals surface area contributed by atoms with Crippen LogP contribution in [0.2, 0.25) is 0 Å². The second-order valence-electron chi connectivity index (χ2n) is 7.09. The lowest BCUT2D eigenvalue weighted by Crippen LogP contribution is -2.41. The van der Waals surface area contributed by atoms with E-state index in [0.717, 1.165) is 30.5 Å². The molecule has 0 heterocycles. The number of ether oxygens (including phenoxy) is 1. The normalized spacial score (nSPS) is 19.6. The molecule has 0 bridgehead atoms. The van der Waals surface area contributed by atoms with Gasteiger partial charge in [0.1, 0.15) is 5.82 Å². The minimum absolute atomic E-state index is 0.0598. The molecule has 2 aromatic carbocycles. The molecule has 1 fully saturated rings. The molecule has 2 amide bonds. The molecule has 2 N–H and O–H groups in total. The lowest BCUT2D eigenvalue weighted by atomic mass is 9.93. The highest BCUT2D eigenvalue weighted by Gasteiger charge is 2.30. The van der Waals surface area contributed by atoms with Crippen LogP contribution in [0, 0.1) is 5.82 Å². The zero-order valence-electron chi connectivity index (χ0n) is 15.6. The van der Waals surface area contributed by atoms with Crippen LogP contribution in [0.4, 0.5) is 28.0 Å². The van der Waals surface area contributed by atoms with Crippen molar-refractivity contribution in [2.75, 3.05) is 5.32 Å². The summed E-state index contributed by atoms with van der Waals surface area (Å²) in [6.45, 7) is 0.402. The van der Waals surface area contributed by atoms with Crippen LogP contribution < -0.4 is 10.6 Å². The van der Waals surface area contributed by atoms with Crippen molar-refractivity contribution in [3.8, 4) is 0 Å². The minimum atomic E-state index is -4.46. The first-order chi connectivity index (χ1) is 13.8. The molecule has 3 rings (SSSR count). The van der Waals surface area contributed by atoms with Crippen LogP contribution in [-0.4, -0.2) is 18.2 Å². The van der Waals surface area contributed by atoms with E-state index in [-0.39, 0.29) is 23.7 Å². The maximum absolute atomic E-state index is 12.9. The number of rotatable bonds is 5. The number of hydrogen-bond acceptors (Lipinski definition) is 2. The van der Waals surface area contributed by atoms with Crippen LogP contribution in [0.25, 0.3) is 0 Å². The Balaban J connectivity index is 1.41. The maximum Gasteiger partial charge on any atom is 0.416 e. The summed E-state index contributed by atoms with van der Waals surface area (Å²) in [7, 11) is 0. The highest BCUT2D eigenvalue weighted by molar-refractivity contribution is 5.89. The standard InChI is InChI=1S/C21H22F4N2O2/c22-16-6-4-14(5-7-16)13-29-19-10-8-17(9-11-19)26-20(28)27-18-3-1-2-15(12-18)21(23,24)25/h1-7,12,17,19H,8-11,13H2,(H2,26,27,28). The SMILES string of the molecule is O=C(Nc1cccc(C(F)(F)F)c1)NC1CCC(OCc2ccc(F)cc2)CC1. The summed E-state index contributed by atoms with van der Waals surface area (Å²) in [4.78, 5) is 12.1. The van der Waals surface area contributed by atoms with Crippen molar-refractivity contribution in [1.82, 2.24) is 5.32 Å². The Morgan fingerprint density at radius 2 is 1.72 bits per heavy atom. The first-order valence-electron chi connectivity index (χ1n) is 9.40. The van der Waals surface area contributed by atoms with Gasteiger partial charge in [0.15, 0.2) is 0 Å². The molecule has 8 heteroatoms. The molecule has 2 aromatic rings. The van der Waals surface area contributed by atoms with Crippen LogP contribution in [0.3, 0.4) is 0 Å². The fraction of sp³-hybridized carbons (Fsp3) is 0.381. The van der Waals surface area contributed by atoms with Crippen molar-refractivity contribution in [1.29, 1.82) is 0 Å². The predicted molar refractivity (Wildman–Crippen MR) is 101 cm³/mol. The van der Waals surface area contributed by atoms with E-state index in [0.29, 0.717) is 19.4 Å². The number of urea groups is 1. The molecule has 0 spiro atoms. The van der Waals surface area contributed by atoms with Crippen molar-refractivity contribution in [2.24, 2.45) is 0 Å². The number of benzene rings is 2. The van der Waals surface area contributed by atoms with Gasteiger partial charge in [-0.2, -0.15) is 13.2 Å². The van der Waals surface area contributed by atoms with Gasteiger partial charge in [-0.1, -0.05) is 18.2 Å². The zero-order chi connectivity index (χ0) is 20.9. The number of carbonyl (C=O) groups excluding carboxylic acids is 1. The van der Waals surface area contributed by atoms with E-state index >= 15 is 0 Å². The molecule has 29 heavy (non-hydrogen) atoms. The average Bonchev–Trinajstić information content (AvgIpc) is 2.68. The summed E-state index contributed by atoms with van der Waals surface area (Å²) >= 11 is 0. The van der Waals surface area contributed by atoms with Crippen LogP contribution in [0.1, 0.15) is 36.8 Å². The Morgan fingerprint density at radius 3 is 2.38 bits per heavy atom. The van der Waals surface area contributed by atoms with Crippen molar-refractivity contribution in [3.05, 3.63) is 65.5 Å². The molecule has 0 saturated heterocycles. The maximum atomic E-state index is 12.9. The molecular formula is C21H22F4N2O2. The van der Waals surface area contributed by atoms with E-state index < -0.39 is 17.8 Å². The Kier molecular flexibility index (Phi) is 6.74. The fourth-order valence-corrected chi connectivity index (χ4v) is 3.29. The van der Waals surface area contributed by atoms with Gasteiger partial charge < -0.3 is 15.4 Å². The van der Waals surface area contributed by atoms with Gasteiger partial charge in [0.25, 0.3) is 0 Å². The van der Waals surface area contributed by atoms with Gasteiger partial charge in [-0.05, 0) is 61.6 Å². The Hall–Kier alpha value is -2.61. The number of nitrogens with one attached hydrogen (secondary N) is 2. The quantitative estimate of drug-likeness (QED) is 0.640. The number of carbonyl (C=O) groups is 1. The van der Waals surface area contributed by atoms with E-state index in [1.807, 2.05) is 0 Å². The van der Waals surface area contributed by atoms with Crippen LogP contribution in [0.15, 0.2) is 48.5 Å². The molecule has 0 radical (unpaired) electrons. The third-order valence-corrected chi connectivity index (χ3v) is 4.86. The van der Waals surface area contributed by atoms with Crippen molar-refractivity contribution >= 4 is 11.7 Å². The Bertz CT molecular complexity index is 816. The highest BCUT2D eigenvalue weighted by atomic mass is 19.4. The highest BCUT2D eigenvalue weighted by Crippen LogP contribution is 2.30. The molecule has 156 valence electrons. The summed E-state index contributed by atoms with van der Waals surface area (Å²) in [6, 6.07) is 10.1. The van der Waals surface area contributed by atoms with Crippen LogP contribution in [-0.2, 0) is 17.5 Å². The number of alkyl halides is 3. The van der Waals surface area contributed by atoms with Crippen molar-refractivity contribution in [2.45, 2.75) is 50.6 Å². The third-order valence-electron chi connectivity index (χ3n) is 4.86. The van der Waals surface area contributed by atoms with Crippen LogP contribution in [0.5, 0.6) is 0 Å². The molecule has 0 aliphatic heterocycles. The molecule has 0 aromatic heterocycles. The number of amides is 2. The van der Waals surface area contributed by atoms with Crippen molar-refractivity contribution < 1.29 is 27.1 Å². The van der Waals surface area contributed by atoms with Crippen molar-refractivity contribution in [3.63, 3.8) is 0 Å². The van der Waals surface area contributed by atoms with E-state index in [1.54, 1.807) is 12.1 Å². The average molecular weight is 410 g/mol. The van der Waals surface area contributed by atoms with Gasteiger partial charge in [0.2, 0.25) is 0 Å². The van der Waals surface area contributed by atoms with E-state index in [2.05, 4.69) is 10.6 Å². The van der Waals surface area contributed by atoms with Gasteiger partial charge in [0.05, 0.1) is 18.3 Å². The summed E-state index contributed by atoms with van der Waals surface area (Å²) in [5.41, 5.74) is 0.176. The largest absolute Gasteiger partial charge is 0.416 e. The second kappa shape index (κ2) is 9.26. The lowest BCUT2D eigenvalue weighted by Gasteiger charge is -2.29. The molecular weight excluding hydrogens is 388 g/mol. The van der Waals surface area contributed by atoms with Gasteiger partial charge >= 0.3 is 12.2 Å². The van der Waals surface area contributed by atoms with E-state index in [1.165, 1.54) is 24.3 Å². The number of halogens is 4. The third kappa shape index (κ3) is 6.45. The Labute approximate surface area is 166 Å². The second-order valence-corrected chi connectivity index (χ2v) is 7.09. The smallest absolute Gasteiger partial charge is 0.374 e. The Morgan fingerprint density at radius 1 is 1.03 bits per heavy atom. The first-order valence-corrected chi connectivity index (χ1v) is 9.40. The monoisotopic (exact) mass is 410 g/mol. The van der Waals surface area contributed by atoms with Gasteiger partial charge in [0, 0.05) is 11.7 Å². The fourth-order valence-electron chi connectivity index (χ4n) is 3.29. The van der Waals surface area contributed by atoms with Gasteiger partial charge in [-0.25, -0.2) is 9.18 Å². The van der Waals surface area contributed by atoms with E-state index in [4.69, 9.17) is 4.74 Å². The van der Waals surface area contributed by atoms with Gasteiger partial charge in [-0.15, -0.1) is 0 Å². The predicted octanol–water partition coefficient (Wildman–Crippen LogP) is 5.49. The zero-order valence-corrected chi connectivity index (χ0v) is 15.6. The summed E-state index contributed by atoms with van der Waals surface area (Å²) < 4.78 is 57.0. The number of hydrogen-bond donors (Lipinski definition) is 2. The lowest BCUT2D eigenvalue weighted by molar-refractivity contribution is -0.137. The van der Waals surface area contributed by atoms with Crippen LogP contribution >= 0.6 is 0 Å². The first kappa shape index (κ1) is 21.1. The molecule has 0 atom stereocenters. The number of anilines is 1. The minimum Gasteiger partial charge on any atom is -0.374 e. The summed E-state index contributed by atoms with van der Waals surface area (Å²) in [6.07, 6.45) is -1.45. The molecule has 1 aliphatic rings. The van der Waals surface area contributed by atoms with E-state index in [9.17, 15) is 22.4 Å².